The molecule has 2 rings (SSSR count). The zero-order valence-electron chi connectivity index (χ0n) is 8.56. The third kappa shape index (κ3) is 3.45. The smallest absolute Gasteiger partial charge is 0.00830 e. The maximum absolute atomic E-state index is 6.09. The van der Waals surface area contributed by atoms with Crippen LogP contribution in [-0.4, -0.2) is 6.04 Å². The summed E-state index contributed by atoms with van der Waals surface area (Å²) >= 11 is 3.56. The Balaban J connectivity index is 1.76. The van der Waals surface area contributed by atoms with E-state index in [1.807, 2.05) is 11.3 Å². The van der Waals surface area contributed by atoms with Gasteiger partial charge in [-0.1, -0.05) is 6.07 Å². The predicted molar refractivity (Wildman–Crippen MR) is 68.6 cm³/mol. The van der Waals surface area contributed by atoms with Gasteiger partial charge in [0.15, 0.2) is 0 Å². The van der Waals surface area contributed by atoms with Crippen molar-refractivity contribution in [3.63, 3.8) is 0 Å². The van der Waals surface area contributed by atoms with Gasteiger partial charge in [0.05, 0.1) is 0 Å². The number of thiophene rings is 2. The minimum Gasteiger partial charge on any atom is -0.327 e. The Bertz CT molecular complexity index is 364. The van der Waals surface area contributed by atoms with E-state index < -0.39 is 0 Å². The van der Waals surface area contributed by atoms with Crippen LogP contribution in [0, 0.1) is 0 Å². The van der Waals surface area contributed by atoms with E-state index >= 15 is 0 Å². The van der Waals surface area contributed by atoms with Crippen LogP contribution in [0.4, 0.5) is 0 Å². The summed E-state index contributed by atoms with van der Waals surface area (Å²) in [4.78, 5) is 1.44. The van der Waals surface area contributed by atoms with Crippen molar-refractivity contribution in [3.05, 3.63) is 44.8 Å². The summed E-state index contributed by atoms with van der Waals surface area (Å²) in [6.07, 6.45) is 3.20. The zero-order chi connectivity index (χ0) is 10.5. The lowest BCUT2D eigenvalue weighted by atomic mass is 10.0. The predicted octanol–water partition coefficient (Wildman–Crippen LogP) is 3.31. The topological polar surface area (TPSA) is 26.0 Å². The van der Waals surface area contributed by atoms with Crippen molar-refractivity contribution >= 4 is 22.7 Å². The number of rotatable bonds is 5. The first-order valence-corrected chi connectivity index (χ1v) is 6.96. The highest BCUT2D eigenvalue weighted by Gasteiger charge is 2.05. The van der Waals surface area contributed by atoms with Crippen LogP contribution in [0.5, 0.6) is 0 Å². The SMILES string of the molecule is NC(CCc1cccs1)Cc1ccsc1. The van der Waals surface area contributed by atoms with Crippen molar-refractivity contribution < 1.29 is 0 Å². The lowest BCUT2D eigenvalue weighted by Crippen LogP contribution is -2.23. The molecule has 1 nitrogen and oxygen atoms in total. The molecule has 0 amide bonds. The molecule has 2 aromatic heterocycles. The van der Waals surface area contributed by atoms with E-state index in [1.54, 1.807) is 11.3 Å². The summed E-state index contributed by atoms with van der Waals surface area (Å²) in [7, 11) is 0. The average molecular weight is 237 g/mol. The lowest BCUT2D eigenvalue weighted by molar-refractivity contribution is 0.614. The molecule has 3 heteroatoms. The molecule has 1 atom stereocenters. The van der Waals surface area contributed by atoms with E-state index in [1.165, 1.54) is 10.4 Å². The second kappa shape index (κ2) is 5.45. The van der Waals surface area contributed by atoms with Gasteiger partial charge in [-0.2, -0.15) is 11.3 Å². The molecule has 0 radical (unpaired) electrons. The van der Waals surface area contributed by atoms with Crippen LogP contribution < -0.4 is 5.73 Å². The van der Waals surface area contributed by atoms with E-state index in [0.29, 0.717) is 6.04 Å². The fourth-order valence-electron chi connectivity index (χ4n) is 1.60. The van der Waals surface area contributed by atoms with Gasteiger partial charge in [0.25, 0.3) is 0 Å². The molecular weight excluding hydrogens is 222 g/mol. The van der Waals surface area contributed by atoms with E-state index in [4.69, 9.17) is 5.73 Å². The maximum atomic E-state index is 6.09. The van der Waals surface area contributed by atoms with Crippen molar-refractivity contribution in [2.45, 2.75) is 25.3 Å². The molecule has 2 aromatic rings. The van der Waals surface area contributed by atoms with Crippen molar-refractivity contribution in [2.24, 2.45) is 5.73 Å². The maximum Gasteiger partial charge on any atom is 0.00830 e. The van der Waals surface area contributed by atoms with Crippen LogP contribution in [0.15, 0.2) is 34.3 Å². The standard InChI is InChI=1S/C12H15NS2/c13-11(8-10-5-7-14-9-10)3-4-12-2-1-6-15-12/h1-2,5-7,9,11H,3-4,8,13H2. The van der Waals surface area contributed by atoms with E-state index in [2.05, 4.69) is 34.3 Å². The largest absolute Gasteiger partial charge is 0.327 e. The van der Waals surface area contributed by atoms with Crippen LogP contribution in [0.3, 0.4) is 0 Å². The number of hydrogen-bond acceptors (Lipinski definition) is 3. The molecule has 0 spiro atoms. The van der Waals surface area contributed by atoms with Gasteiger partial charge in [-0.3, -0.25) is 0 Å². The van der Waals surface area contributed by atoms with Crippen molar-refractivity contribution in [1.29, 1.82) is 0 Å². The Labute approximate surface area is 98.6 Å². The molecule has 0 saturated carbocycles. The summed E-state index contributed by atoms with van der Waals surface area (Å²) in [5, 5.41) is 6.42. The molecule has 0 bridgehead atoms. The van der Waals surface area contributed by atoms with Crippen molar-refractivity contribution in [3.8, 4) is 0 Å². The Hall–Kier alpha value is -0.640. The normalized spacial score (nSPS) is 12.9. The third-order valence-corrected chi connectivity index (χ3v) is 4.09. The minimum atomic E-state index is 0.293. The molecule has 15 heavy (non-hydrogen) atoms. The lowest BCUT2D eigenvalue weighted by Gasteiger charge is -2.09. The van der Waals surface area contributed by atoms with Crippen LogP contribution >= 0.6 is 22.7 Å². The van der Waals surface area contributed by atoms with Crippen LogP contribution in [0.25, 0.3) is 0 Å². The second-order valence-corrected chi connectivity index (χ2v) is 5.53. The molecule has 0 aliphatic carbocycles. The highest BCUT2D eigenvalue weighted by atomic mass is 32.1. The molecule has 0 fully saturated rings. The van der Waals surface area contributed by atoms with Gasteiger partial charge < -0.3 is 5.73 Å². The molecule has 0 aliphatic rings. The number of hydrogen-bond donors (Lipinski definition) is 1. The summed E-state index contributed by atoms with van der Waals surface area (Å²) in [5.74, 6) is 0. The Morgan fingerprint density at radius 1 is 1.27 bits per heavy atom. The minimum absolute atomic E-state index is 0.293. The molecule has 2 N–H and O–H groups in total. The van der Waals surface area contributed by atoms with E-state index in [9.17, 15) is 0 Å². The molecular formula is C12H15NS2. The highest BCUT2D eigenvalue weighted by Crippen LogP contribution is 2.14. The Kier molecular flexibility index (Phi) is 3.94. The summed E-state index contributed by atoms with van der Waals surface area (Å²) in [6, 6.07) is 6.74. The third-order valence-electron chi connectivity index (χ3n) is 2.42. The number of nitrogens with two attached hydrogens (primary N) is 1. The Morgan fingerprint density at radius 3 is 2.87 bits per heavy atom. The monoisotopic (exact) mass is 237 g/mol. The van der Waals surface area contributed by atoms with Crippen molar-refractivity contribution in [1.82, 2.24) is 0 Å². The first-order valence-electron chi connectivity index (χ1n) is 5.13. The van der Waals surface area contributed by atoms with Crippen molar-refractivity contribution in [2.75, 3.05) is 0 Å². The summed E-state index contributed by atoms with van der Waals surface area (Å²) < 4.78 is 0. The zero-order valence-corrected chi connectivity index (χ0v) is 10.2. The van der Waals surface area contributed by atoms with Gasteiger partial charge in [0.2, 0.25) is 0 Å². The molecule has 80 valence electrons. The van der Waals surface area contributed by atoms with Crippen LogP contribution in [0.1, 0.15) is 16.9 Å². The number of aryl methyl sites for hydroxylation is 1. The molecule has 2 heterocycles. The van der Waals surface area contributed by atoms with Crippen LogP contribution in [-0.2, 0) is 12.8 Å². The van der Waals surface area contributed by atoms with Gasteiger partial charge in [0, 0.05) is 10.9 Å². The first-order chi connectivity index (χ1) is 7.34. The fraction of sp³-hybridized carbons (Fsp3) is 0.333. The van der Waals surface area contributed by atoms with Gasteiger partial charge >= 0.3 is 0 Å². The Morgan fingerprint density at radius 2 is 2.20 bits per heavy atom. The second-order valence-electron chi connectivity index (χ2n) is 3.71. The van der Waals surface area contributed by atoms with Gasteiger partial charge in [-0.15, -0.1) is 11.3 Å². The average Bonchev–Trinajstić information content (AvgIpc) is 2.86. The molecule has 0 saturated heterocycles. The first kappa shape index (κ1) is 10.9. The highest BCUT2D eigenvalue weighted by molar-refractivity contribution is 7.09. The van der Waals surface area contributed by atoms with Crippen LogP contribution in [0.2, 0.25) is 0 Å². The van der Waals surface area contributed by atoms with Gasteiger partial charge in [-0.05, 0) is 53.1 Å². The van der Waals surface area contributed by atoms with E-state index in [-0.39, 0.29) is 0 Å². The quantitative estimate of drug-likeness (QED) is 0.848. The molecule has 1 unspecified atom stereocenters. The van der Waals surface area contributed by atoms with Gasteiger partial charge in [0.1, 0.15) is 0 Å². The van der Waals surface area contributed by atoms with E-state index in [0.717, 1.165) is 19.3 Å². The fourth-order valence-corrected chi connectivity index (χ4v) is 3.00. The summed E-state index contributed by atoms with van der Waals surface area (Å²) in [6.45, 7) is 0. The molecule has 0 aliphatic heterocycles. The molecule has 0 aromatic carbocycles. The summed E-state index contributed by atoms with van der Waals surface area (Å²) in [5.41, 5.74) is 7.46. The van der Waals surface area contributed by atoms with Gasteiger partial charge in [-0.25, -0.2) is 0 Å².